The van der Waals surface area contributed by atoms with E-state index in [2.05, 4.69) is 0 Å². The van der Waals surface area contributed by atoms with Crippen molar-refractivity contribution in [2.45, 2.75) is 18.9 Å². The van der Waals surface area contributed by atoms with Gasteiger partial charge in [0.2, 0.25) is 0 Å². The molecule has 0 unspecified atom stereocenters. The summed E-state index contributed by atoms with van der Waals surface area (Å²) >= 11 is 0. The van der Waals surface area contributed by atoms with Crippen LogP contribution < -0.4 is 4.74 Å². The van der Waals surface area contributed by atoms with Crippen LogP contribution in [0.1, 0.15) is 12.8 Å². The van der Waals surface area contributed by atoms with E-state index in [1.807, 2.05) is 0 Å². The van der Waals surface area contributed by atoms with Gasteiger partial charge in [0.05, 0.1) is 13.2 Å². The van der Waals surface area contributed by atoms with Crippen LogP contribution in [0.15, 0.2) is 24.3 Å². The maximum Gasteiger partial charge on any atom is 0.126 e. The van der Waals surface area contributed by atoms with Crippen LogP contribution in [0.4, 0.5) is 4.39 Å². The smallest absolute Gasteiger partial charge is 0.126 e. The molecule has 0 N–H and O–H groups in total. The highest BCUT2D eigenvalue weighted by Gasteiger charge is 2.15. The summed E-state index contributed by atoms with van der Waals surface area (Å²) < 4.78 is 23.6. The molecular formula is C11H13FO2. The first-order valence-corrected chi connectivity index (χ1v) is 4.84. The van der Waals surface area contributed by atoms with E-state index in [1.54, 1.807) is 12.1 Å². The number of hydrogen-bond donors (Lipinski definition) is 0. The van der Waals surface area contributed by atoms with Gasteiger partial charge in [-0.3, -0.25) is 0 Å². The Morgan fingerprint density at radius 1 is 1.29 bits per heavy atom. The molecule has 1 fully saturated rings. The highest BCUT2D eigenvalue weighted by Crippen LogP contribution is 2.18. The zero-order valence-electron chi connectivity index (χ0n) is 7.91. The van der Waals surface area contributed by atoms with E-state index >= 15 is 0 Å². The van der Waals surface area contributed by atoms with Crippen molar-refractivity contribution < 1.29 is 13.9 Å². The van der Waals surface area contributed by atoms with Gasteiger partial charge in [0, 0.05) is 18.9 Å². The molecule has 1 aliphatic rings. The molecule has 0 aromatic heterocycles. The summed E-state index contributed by atoms with van der Waals surface area (Å²) in [6.45, 7) is 1.47. The van der Waals surface area contributed by atoms with E-state index in [-0.39, 0.29) is 11.9 Å². The third kappa shape index (κ3) is 2.45. The van der Waals surface area contributed by atoms with Gasteiger partial charge in [-0.2, -0.15) is 0 Å². The minimum Gasteiger partial charge on any atom is -0.490 e. The summed E-state index contributed by atoms with van der Waals surface area (Å²) in [5, 5.41) is 0. The van der Waals surface area contributed by atoms with E-state index in [0.717, 1.165) is 26.1 Å². The molecular weight excluding hydrogens is 183 g/mol. The molecule has 0 aliphatic carbocycles. The number of ether oxygens (including phenoxy) is 2. The maximum absolute atomic E-state index is 12.8. The number of rotatable bonds is 2. The Bertz CT molecular complexity index is 295. The first-order chi connectivity index (χ1) is 6.84. The molecule has 1 aromatic carbocycles. The lowest BCUT2D eigenvalue weighted by Gasteiger charge is -2.23. The van der Waals surface area contributed by atoms with Crippen LogP contribution in [0.3, 0.4) is 0 Å². The quantitative estimate of drug-likeness (QED) is 0.723. The van der Waals surface area contributed by atoms with Crippen molar-refractivity contribution in [2.24, 2.45) is 0 Å². The molecule has 0 atom stereocenters. The minimum atomic E-state index is -0.255. The van der Waals surface area contributed by atoms with Crippen LogP contribution in [0.25, 0.3) is 0 Å². The monoisotopic (exact) mass is 196 g/mol. The zero-order chi connectivity index (χ0) is 9.80. The van der Waals surface area contributed by atoms with Crippen molar-refractivity contribution in [3.8, 4) is 5.75 Å². The highest BCUT2D eigenvalue weighted by atomic mass is 19.1. The van der Waals surface area contributed by atoms with Crippen LogP contribution in [0.5, 0.6) is 5.75 Å². The SMILES string of the molecule is Fc1cccc(OC2CCOCC2)c1. The van der Waals surface area contributed by atoms with Crippen LogP contribution in [0, 0.1) is 5.82 Å². The molecule has 0 spiro atoms. The van der Waals surface area contributed by atoms with Gasteiger partial charge in [0.25, 0.3) is 0 Å². The predicted octanol–water partition coefficient (Wildman–Crippen LogP) is 2.38. The van der Waals surface area contributed by atoms with Crippen molar-refractivity contribution in [2.75, 3.05) is 13.2 Å². The van der Waals surface area contributed by atoms with Gasteiger partial charge in [0.1, 0.15) is 17.7 Å². The Balaban J connectivity index is 1.95. The molecule has 3 heteroatoms. The normalized spacial score (nSPS) is 18.1. The molecule has 14 heavy (non-hydrogen) atoms. The van der Waals surface area contributed by atoms with E-state index in [4.69, 9.17) is 9.47 Å². The fourth-order valence-corrected chi connectivity index (χ4v) is 1.53. The van der Waals surface area contributed by atoms with Crippen molar-refractivity contribution in [1.29, 1.82) is 0 Å². The summed E-state index contributed by atoms with van der Waals surface area (Å²) in [5.74, 6) is 0.353. The standard InChI is InChI=1S/C11H13FO2/c12-9-2-1-3-11(8-9)14-10-4-6-13-7-5-10/h1-3,8,10H,4-7H2. The lowest BCUT2D eigenvalue weighted by molar-refractivity contribution is 0.0254. The van der Waals surface area contributed by atoms with Gasteiger partial charge >= 0.3 is 0 Å². The predicted molar refractivity (Wildman–Crippen MR) is 50.9 cm³/mol. The molecule has 1 aromatic rings. The Morgan fingerprint density at radius 2 is 2.07 bits per heavy atom. The van der Waals surface area contributed by atoms with Gasteiger partial charge in [0.15, 0.2) is 0 Å². The van der Waals surface area contributed by atoms with Crippen molar-refractivity contribution >= 4 is 0 Å². The third-order valence-corrected chi connectivity index (χ3v) is 2.27. The summed E-state index contributed by atoms with van der Waals surface area (Å²) in [6.07, 6.45) is 1.94. The molecule has 2 rings (SSSR count). The number of benzene rings is 1. The van der Waals surface area contributed by atoms with Gasteiger partial charge in [-0.15, -0.1) is 0 Å². The zero-order valence-corrected chi connectivity index (χ0v) is 7.91. The first kappa shape index (κ1) is 9.46. The molecule has 76 valence electrons. The summed E-state index contributed by atoms with van der Waals surface area (Å²) in [4.78, 5) is 0. The Morgan fingerprint density at radius 3 is 2.79 bits per heavy atom. The first-order valence-electron chi connectivity index (χ1n) is 4.84. The van der Waals surface area contributed by atoms with Crippen LogP contribution in [0.2, 0.25) is 0 Å². The van der Waals surface area contributed by atoms with E-state index in [9.17, 15) is 4.39 Å². The topological polar surface area (TPSA) is 18.5 Å². The average molecular weight is 196 g/mol. The Kier molecular flexibility index (Phi) is 2.99. The number of halogens is 1. The third-order valence-electron chi connectivity index (χ3n) is 2.27. The summed E-state index contributed by atoms with van der Waals surface area (Å²) in [6, 6.07) is 6.26. The van der Waals surface area contributed by atoms with Crippen molar-refractivity contribution in [1.82, 2.24) is 0 Å². The van der Waals surface area contributed by atoms with Gasteiger partial charge in [-0.05, 0) is 12.1 Å². The lowest BCUT2D eigenvalue weighted by Crippen LogP contribution is -2.25. The lowest BCUT2D eigenvalue weighted by atomic mass is 10.1. The van der Waals surface area contributed by atoms with Gasteiger partial charge < -0.3 is 9.47 Å². The maximum atomic E-state index is 12.8. The summed E-state index contributed by atoms with van der Waals surface area (Å²) in [7, 11) is 0. The summed E-state index contributed by atoms with van der Waals surface area (Å²) in [5.41, 5.74) is 0. The average Bonchev–Trinajstić information content (AvgIpc) is 2.19. The Hall–Kier alpha value is -1.09. The van der Waals surface area contributed by atoms with Crippen LogP contribution in [-0.2, 0) is 4.74 Å². The fraction of sp³-hybridized carbons (Fsp3) is 0.455. The number of hydrogen-bond acceptors (Lipinski definition) is 2. The second kappa shape index (κ2) is 4.42. The molecule has 1 saturated heterocycles. The van der Waals surface area contributed by atoms with Gasteiger partial charge in [-0.25, -0.2) is 4.39 Å². The minimum absolute atomic E-state index is 0.172. The second-order valence-electron chi connectivity index (χ2n) is 3.39. The fourth-order valence-electron chi connectivity index (χ4n) is 1.53. The van der Waals surface area contributed by atoms with E-state index in [0.29, 0.717) is 5.75 Å². The largest absolute Gasteiger partial charge is 0.490 e. The molecule has 0 bridgehead atoms. The molecule has 1 aliphatic heterocycles. The van der Waals surface area contributed by atoms with Crippen molar-refractivity contribution in [3.63, 3.8) is 0 Å². The molecule has 1 heterocycles. The van der Waals surface area contributed by atoms with E-state index < -0.39 is 0 Å². The van der Waals surface area contributed by atoms with E-state index in [1.165, 1.54) is 12.1 Å². The highest BCUT2D eigenvalue weighted by molar-refractivity contribution is 5.22. The second-order valence-corrected chi connectivity index (χ2v) is 3.39. The van der Waals surface area contributed by atoms with Gasteiger partial charge in [-0.1, -0.05) is 6.07 Å². The van der Waals surface area contributed by atoms with Crippen molar-refractivity contribution in [3.05, 3.63) is 30.1 Å². The Labute approximate surface area is 82.6 Å². The van der Waals surface area contributed by atoms with Crippen LogP contribution >= 0.6 is 0 Å². The molecule has 0 saturated carbocycles. The molecule has 0 radical (unpaired) electrons. The molecule has 2 nitrogen and oxygen atoms in total. The van der Waals surface area contributed by atoms with Crippen LogP contribution in [-0.4, -0.2) is 19.3 Å². The molecule has 0 amide bonds.